The van der Waals surface area contributed by atoms with Gasteiger partial charge in [0.2, 0.25) is 0 Å². The van der Waals surface area contributed by atoms with Crippen molar-refractivity contribution in [3.8, 4) is 11.5 Å². The summed E-state index contributed by atoms with van der Waals surface area (Å²) in [6.45, 7) is 35.5. The Kier molecular flexibility index (Phi) is 16.4. The number of aromatic hydroxyl groups is 2. The van der Waals surface area contributed by atoms with E-state index in [0.29, 0.717) is 101 Å². The zero-order chi connectivity index (χ0) is 60.6. The van der Waals surface area contributed by atoms with Gasteiger partial charge in [-0.2, -0.15) is 16.8 Å². The van der Waals surface area contributed by atoms with E-state index in [-0.39, 0.29) is 28.6 Å². The van der Waals surface area contributed by atoms with Crippen LogP contribution in [0.15, 0.2) is 113 Å². The average molecular weight is 1130 g/mol. The molecule has 0 saturated heterocycles. The summed E-state index contributed by atoms with van der Waals surface area (Å²) in [7, 11) is -10.0. The number of nitrogens with one attached hydrogen (secondary N) is 2. The van der Waals surface area contributed by atoms with Crippen LogP contribution in [0.2, 0.25) is 0 Å². The van der Waals surface area contributed by atoms with Gasteiger partial charge in [-0.05, 0) is 182 Å². The zero-order valence-electron chi connectivity index (χ0n) is 49.9. The molecule has 14 heteroatoms. The third-order valence-corrected chi connectivity index (χ3v) is 16.8. The molecule has 7 aromatic rings. The Balaban J connectivity index is 1.29. The first-order chi connectivity index (χ1) is 37.1. The summed E-state index contributed by atoms with van der Waals surface area (Å²) in [5, 5.41) is 29.9. The van der Waals surface area contributed by atoms with E-state index in [4.69, 9.17) is 0 Å². The summed E-state index contributed by atoms with van der Waals surface area (Å²) >= 11 is 0. The largest absolute Gasteiger partial charge is 0.507 e. The van der Waals surface area contributed by atoms with E-state index in [2.05, 4.69) is 10.6 Å². The van der Waals surface area contributed by atoms with Gasteiger partial charge in [-0.25, -0.2) is 0 Å². The van der Waals surface area contributed by atoms with E-state index in [0.717, 1.165) is 28.3 Å². The molecule has 0 fully saturated rings. The highest BCUT2D eigenvalue weighted by atomic mass is 32.2. The lowest BCUT2D eigenvalue weighted by Gasteiger charge is -2.28. The summed E-state index contributed by atoms with van der Waals surface area (Å²) in [5.74, 6) is 0.282. The minimum atomic E-state index is -5.11. The molecule has 12 nitrogen and oxygen atoms in total. The van der Waals surface area contributed by atoms with Crippen LogP contribution in [0.3, 0.4) is 0 Å². The first kappa shape index (κ1) is 61.4. The quantitative estimate of drug-likeness (QED) is 0.0276. The first-order valence-corrected chi connectivity index (χ1v) is 29.8. The van der Waals surface area contributed by atoms with E-state index in [9.17, 15) is 45.7 Å². The molecule has 0 heterocycles. The van der Waals surface area contributed by atoms with Crippen LogP contribution in [-0.4, -0.2) is 47.7 Å². The van der Waals surface area contributed by atoms with Crippen LogP contribution < -0.4 is 10.6 Å². The van der Waals surface area contributed by atoms with Gasteiger partial charge < -0.3 is 20.8 Å². The van der Waals surface area contributed by atoms with Gasteiger partial charge in [0, 0.05) is 73.3 Å². The number of benzene rings is 7. The maximum Gasteiger partial charge on any atom is 0.315 e. The molecule has 0 unspecified atom stereocenters. The number of carbonyl (C=O) groups excluding carboxylic acids is 2. The molecular weight excluding hydrogens is 1060 g/mol. The van der Waals surface area contributed by atoms with E-state index < -0.39 is 51.7 Å². The van der Waals surface area contributed by atoms with Crippen LogP contribution in [0.4, 0.5) is 22.7 Å². The monoisotopic (exact) mass is 1130 g/mol. The number of phenols is 2. The minimum absolute atomic E-state index is 0.0509. The maximum absolute atomic E-state index is 14.7. The highest BCUT2D eigenvalue weighted by Gasteiger charge is 2.35. The third kappa shape index (κ3) is 12.6. The number of anilines is 4. The van der Waals surface area contributed by atoms with Crippen molar-refractivity contribution in [3.05, 3.63) is 204 Å². The molecule has 0 aliphatic carbocycles. The van der Waals surface area contributed by atoms with Gasteiger partial charge in [-0.3, -0.25) is 18.7 Å². The molecular formula is C67H77N2O10S2+. The van der Waals surface area contributed by atoms with E-state index in [1.807, 2.05) is 137 Å². The number of rotatable bonds is 13. The second-order valence-electron chi connectivity index (χ2n) is 25.7. The van der Waals surface area contributed by atoms with Gasteiger partial charge in [0.25, 0.3) is 10.1 Å². The van der Waals surface area contributed by atoms with Gasteiger partial charge in [-0.1, -0.05) is 95.2 Å². The van der Waals surface area contributed by atoms with Gasteiger partial charge in [-0.15, -0.1) is 0 Å². The topological polar surface area (TPSA) is 207 Å². The molecule has 0 aliphatic heterocycles. The third-order valence-electron chi connectivity index (χ3n) is 15.1. The maximum atomic E-state index is 14.7. The fraction of sp³-hybridized carbons (Fsp3) is 0.328. The Hall–Kier alpha value is -7.23. The number of carbonyl (C=O) groups is 2. The van der Waals surface area contributed by atoms with Crippen molar-refractivity contribution < 1.29 is 45.7 Å². The average Bonchev–Trinajstić information content (AvgIpc) is 3.54. The summed E-state index contributed by atoms with van der Waals surface area (Å²) in [5.41, 5.74) is 11.1. The Morgan fingerprint density at radius 1 is 0.432 bits per heavy atom. The number of hydrogen-bond acceptors (Lipinski definition) is 10. The van der Waals surface area contributed by atoms with Gasteiger partial charge in [0.05, 0.1) is 22.6 Å². The summed E-state index contributed by atoms with van der Waals surface area (Å²) in [6.07, 6.45) is 0. The first-order valence-electron chi connectivity index (χ1n) is 26.9. The van der Waals surface area contributed by atoms with Crippen LogP contribution in [0.25, 0.3) is 0 Å². The van der Waals surface area contributed by atoms with Gasteiger partial charge in [0.1, 0.15) is 21.3 Å². The van der Waals surface area contributed by atoms with Crippen LogP contribution in [0, 0.1) is 47.5 Å². The molecule has 0 saturated carbocycles. The molecule has 0 bridgehead atoms. The highest BCUT2D eigenvalue weighted by molar-refractivity contribution is 7.86. The molecule has 0 atom stereocenters. The molecule has 0 amide bonds. The van der Waals surface area contributed by atoms with Crippen molar-refractivity contribution in [1.29, 1.82) is 0 Å². The summed E-state index contributed by atoms with van der Waals surface area (Å²) in [4.78, 5) is 27.9. The molecule has 6 N–H and O–H groups in total. The molecule has 0 radical (unpaired) electrons. The van der Waals surface area contributed by atoms with Crippen LogP contribution in [-0.2, 0) is 41.9 Å². The van der Waals surface area contributed by atoms with E-state index in [1.165, 1.54) is 6.07 Å². The summed E-state index contributed by atoms with van der Waals surface area (Å²) < 4.78 is 71.6. The van der Waals surface area contributed by atoms with Crippen molar-refractivity contribution in [2.24, 2.45) is 0 Å². The van der Waals surface area contributed by atoms with Crippen LogP contribution in [0.5, 0.6) is 11.5 Å². The predicted molar refractivity (Wildman–Crippen MR) is 325 cm³/mol. The number of hydrogen-bond donors (Lipinski definition) is 6. The standard InChI is InChI=1S/C67H76N2O10S2/c1-36-29-38(3)58(40(5)55(36)60(70)44-31-50(64(7,8)9)62(72)51(32-44)65(10,11)12)68-46-23-19-42(20-24-46)57(49-28-27-48(80(74,75)76)35-54(49)81(77,78)79)43-21-25-47(26-22-43)69-59-39(4)30-37(2)56(41(59)6)61(71)45-33-52(66(13,14)15)63(73)53(34-45)67(16,17)18/h19-35,68-69H,1-18H3,(H3-,70,71,72,73,74,75,76,77,78,79)/p+1. The summed E-state index contributed by atoms with van der Waals surface area (Å²) in [6, 6.07) is 28.2. The number of ketones is 2. The highest BCUT2D eigenvalue weighted by Crippen LogP contribution is 2.44. The van der Waals surface area contributed by atoms with E-state index >= 15 is 0 Å². The molecule has 7 rings (SSSR count). The lowest BCUT2D eigenvalue weighted by atomic mass is 9.77. The fourth-order valence-corrected chi connectivity index (χ4v) is 12.2. The lowest BCUT2D eigenvalue weighted by Crippen LogP contribution is -2.19. The van der Waals surface area contributed by atoms with Crippen molar-refractivity contribution in [2.45, 2.75) is 156 Å². The fourth-order valence-electron chi connectivity index (χ4n) is 10.9. The van der Waals surface area contributed by atoms with E-state index in [1.54, 1.807) is 72.8 Å². The Labute approximate surface area is 479 Å². The zero-order valence-corrected chi connectivity index (χ0v) is 51.5. The SMILES string of the molecule is Cc1cc(C)c(C(=O)c2cc(C(C)(C)C)c(O)c(C(C)(C)C)c2)c(C)c1Nc1ccc([C+](c2ccc(Nc3c(C)cc(C)c(C(=O)c4cc(C(C)(C)C)c(O)c(C(C)(C)C)c4)c3C)cc2)c2ccc(S(=O)(=O)O)cc2S(=O)(=O)O)cc1. The number of phenolic OH excluding ortho intramolecular Hbond substituents is 2. The normalized spacial score (nSPS) is 12.6. The van der Waals surface area contributed by atoms with Crippen molar-refractivity contribution >= 4 is 54.6 Å². The molecule has 81 heavy (non-hydrogen) atoms. The number of aryl methyl sites for hydroxylation is 4. The van der Waals surface area contributed by atoms with Crippen molar-refractivity contribution in [1.82, 2.24) is 0 Å². The Morgan fingerprint density at radius 3 is 1.04 bits per heavy atom. The molecule has 0 aliphatic rings. The van der Waals surface area contributed by atoms with Crippen LogP contribution >= 0.6 is 0 Å². The predicted octanol–water partition coefficient (Wildman–Crippen LogP) is 15.6. The molecule has 7 aromatic carbocycles. The van der Waals surface area contributed by atoms with Crippen molar-refractivity contribution in [3.63, 3.8) is 0 Å². The molecule has 0 aromatic heterocycles. The Bertz CT molecular complexity index is 3630. The second kappa shape index (κ2) is 21.6. The molecule has 0 spiro atoms. The Morgan fingerprint density at radius 2 is 0.753 bits per heavy atom. The van der Waals surface area contributed by atoms with Crippen molar-refractivity contribution in [2.75, 3.05) is 10.6 Å². The smallest absolute Gasteiger partial charge is 0.315 e. The van der Waals surface area contributed by atoms with Gasteiger partial charge in [0.15, 0.2) is 11.6 Å². The lowest BCUT2D eigenvalue weighted by molar-refractivity contribution is 0.102. The molecule has 426 valence electrons. The minimum Gasteiger partial charge on any atom is -0.507 e. The van der Waals surface area contributed by atoms with Crippen LogP contribution in [0.1, 0.15) is 187 Å². The van der Waals surface area contributed by atoms with Gasteiger partial charge >= 0.3 is 10.1 Å². The second-order valence-corrected chi connectivity index (χ2v) is 28.5.